The predicted molar refractivity (Wildman–Crippen MR) is 414 cm³/mol. The van der Waals surface area contributed by atoms with Gasteiger partial charge in [-0.15, -0.1) is 0 Å². The van der Waals surface area contributed by atoms with Crippen LogP contribution in [0.15, 0.2) is 0 Å². The standard InChI is InChI=1S/C82H160O17P2/c1-8-10-11-12-13-14-15-16-17-23-26-31-36-41-49-56-63-79(84)92-69-77(98-81(86)65-58-51-42-37-32-27-24-21-19-18-20-22-25-29-34-39-46-53-60-73(3)4)71-96-100(88,89)94-67-76(83)68-95-101(90,91)97-72-78(70-93-80(85)64-57-50-45-44-48-55-62-75(7)9-2)99-82(87)66-59-52-43-38-33-28-30-35-40-47-54-61-74(5)6/h73-78,83H,8-72H2,1-7H3,(H,88,89)(H,90,91)/t75?,76-,77-,78-/m1/s1. The molecule has 0 aromatic heterocycles. The number of carbonyl (C=O) groups is 4. The Balaban J connectivity index is 5.23. The lowest BCUT2D eigenvalue weighted by molar-refractivity contribution is -0.161. The highest BCUT2D eigenvalue weighted by Crippen LogP contribution is 2.45. The number of phosphoric ester groups is 2. The van der Waals surface area contributed by atoms with Crippen molar-refractivity contribution in [3.63, 3.8) is 0 Å². The summed E-state index contributed by atoms with van der Waals surface area (Å²) in [7, 11) is -9.92. The molecule has 0 heterocycles. The molecular weight excluding hydrogens is 1320 g/mol. The molecule has 0 saturated heterocycles. The van der Waals surface area contributed by atoms with Crippen molar-refractivity contribution < 1.29 is 80.2 Å². The lowest BCUT2D eigenvalue weighted by atomic mass is 10.00. The highest BCUT2D eigenvalue weighted by Gasteiger charge is 2.30. The Morgan fingerprint density at radius 3 is 0.752 bits per heavy atom. The van der Waals surface area contributed by atoms with Crippen LogP contribution in [0.4, 0.5) is 0 Å². The molecule has 0 saturated carbocycles. The minimum absolute atomic E-state index is 0.106. The van der Waals surface area contributed by atoms with E-state index in [0.29, 0.717) is 25.7 Å². The summed E-state index contributed by atoms with van der Waals surface area (Å²) >= 11 is 0. The van der Waals surface area contributed by atoms with Gasteiger partial charge in [0.2, 0.25) is 0 Å². The topological polar surface area (TPSA) is 237 Å². The minimum Gasteiger partial charge on any atom is -0.462 e. The zero-order valence-electron chi connectivity index (χ0n) is 66.4. The highest BCUT2D eigenvalue weighted by molar-refractivity contribution is 7.47. The fourth-order valence-electron chi connectivity index (χ4n) is 12.6. The van der Waals surface area contributed by atoms with E-state index in [1.165, 1.54) is 231 Å². The van der Waals surface area contributed by atoms with Crippen LogP contribution >= 0.6 is 15.6 Å². The molecule has 3 unspecified atom stereocenters. The van der Waals surface area contributed by atoms with Crippen LogP contribution in [0.5, 0.6) is 0 Å². The molecule has 0 rings (SSSR count). The number of unbranched alkanes of at least 4 members (excludes halogenated alkanes) is 47. The quantitative estimate of drug-likeness (QED) is 0.0222. The van der Waals surface area contributed by atoms with Crippen molar-refractivity contribution in [1.82, 2.24) is 0 Å². The van der Waals surface area contributed by atoms with E-state index in [2.05, 4.69) is 48.5 Å². The minimum atomic E-state index is -4.96. The van der Waals surface area contributed by atoms with E-state index >= 15 is 0 Å². The van der Waals surface area contributed by atoms with Crippen LogP contribution in [0, 0.1) is 17.8 Å². The first-order chi connectivity index (χ1) is 48.8. The van der Waals surface area contributed by atoms with Gasteiger partial charge in [-0.25, -0.2) is 9.13 Å². The van der Waals surface area contributed by atoms with Crippen LogP contribution in [-0.4, -0.2) is 96.7 Å². The molecule has 101 heavy (non-hydrogen) atoms. The van der Waals surface area contributed by atoms with E-state index in [1.807, 2.05) is 0 Å². The van der Waals surface area contributed by atoms with Crippen molar-refractivity contribution in [2.75, 3.05) is 39.6 Å². The summed E-state index contributed by atoms with van der Waals surface area (Å²) in [5, 5.41) is 10.6. The molecule has 19 heteroatoms. The number of ether oxygens (including phenoxy) is 4. The van der Waals surface area contributed by atoms with Gasteiger partial charge in [0.15, 0.2) is 12.2 Å². The van der Waals surface area contributed by atoms with E-state index in [4.69, 9.17) is 37.0 Å². The lowest BCUT2D eigenvalue weighted by Crippen LogP contribution is -2.30. The first-order valence-corrected chi connectivity index (χ1v) is 45.4. The van der Waals surface area contributed by atoms with Gasteiger partial charge in [-0.3, -0.25) is 37.3 Å². The van der Waals surface area contributed by atoms with Crippen LogP contribution < -0.4 is 0 Å². The van der Waals surface area contributed by atoms with Gasteiger partial charge >= 0.3 is 39.5 Å². The predicted octanol–water partition coefficient (Wildman–Crippen LogP) is 24.5. The molecule has 3 N–H and O–H groups in total. The van der Waals surface area contributed by atoms with Crippen LogP contribution in [0.25, 0.3) is 0 Å². The van der Waals surface area contributed by atoms with E-state index < -0.39 is 97.5 Å². The smallest absolute Gasteiger partial charge is 0.462 e. The monoisotopic (exact) mass is 1480 g/mol. The van der Waals surface area contributed by atoms with Crippen LogP contribution in [0.2, 0.25) is 0 Å². The van der Waals surface area contributed by atoms with E-state index in [9.17, 15) is 43.2 Å². The maximum Gasteiger partial charge on any atom is 0.472 e. The van der Waals surface area contributed by atoms with Crippen molar-refractivity contribution >= 4 is 39.5 Å². The number of aliphatic hydroxyl groups excluding tert-OH is 1. The Hall–Kier alpha value is -1.94. The largest absolute Gasteiger partial charge is 0.472 e. The van der Waals surface area contributed by atoms with Gasteiger partial charge in [-0.05, 0) is 43.4 Å². The number of phosphoric acid groups is 2. The number of esters is 4. The van der Waals surface area contributed by atoms with Gasteiger partial charge in [0.05, 0.1) is 26.4 Å². The molecule has 0 spiro atoms. The Kier molecular flexibility index (Phi) is 70.9. The van der Waals surface area contributed by atoms with Gasteiger partial charge in [-0.1, -0.05) is 376 Å². The molecule has 0 amide bonds. The SMILES string of the molecule is CCCCCCCCCCCCCCCCCCC(=O)OC[C@H](COP(=O)(O)OC[C@@H](O)COP(=O)(O)OC[C@@H](COC(=O)CCCCCCCCC(C)CC)OC(=O)CCCCCCCCCCCCCC(C)C)OC(=O)CCCCCCCCCCCCCCCCCCCCC(C)C. The second kappa shape index (κ2) is 72.3. The molecule has 600 valence electrons. The third kappa shape index (κ3) is 74.7. The van der Waals surface area contributed by atoms with Crippen LogP contribution in [0.1, 0.15) is 427 Å². The average Bonchev–Trinajstić information content (AvgIpc) is 0.927. The summed E-state index contributed by atoms with van der Waals surface area (Å²) in [5.41, 5.74) is 0. The van der Waals surface area contributed by atoms with Crippen LogP contribution in [0.3, 0.4) is 0 Å². The molecule has 0 aliphatic rings. The van der Waals surface area contributed by atoms with Gasteiger partial charge in [-0.2, -0.15) is 0 Å². The number of hydrogen-bond acceptors (Lipinski definition) is 15. The Morgan fingerprint density at radius 1 is 0.287 bits per heavy atom. The highest BCUT2D eigenvalue weighted by atomic mass is 31.2. The fraction of sp³-hybridized carbons (Fsp3) is 0.951. The van der Waals surface area contributed by atoms with Crippen molar-refractivity contribution in [2.45, 2.75) is 446 Å². The Bertz CT molecular complexity index is 1960. The third-order valence-electron chi connectivity index (χ3n) is 19.5. The molecule has 0 aliphatic carbocycles. The van der Waals surface area contributed by atoms with Gasteiger partial charge < -0.3 is 33.8 Å². The third-order valence-corrected chi connectivity index (χ3v) is 21.4. The summed E-state index contributed by atoms with van der Waals surface area (Å²) in [6.45, 7) is 11.9. The average molecular weight is 1480 g/mol. The molecule has 0 aromatic carbocycles. The van der Waals surface area contributed by atoms with Crippen molar-refractivity contribution in [3.8, 4) is 0 Å². The molecule has 17 nitrogen and oxygen atoms in total. The van der Waals surface area contributed by atoms with Gasteiger partial charge in [0.25, 0.3) is 0 Å². The first kappa shape index (κ1) is 99.1. The molecule has 0 aliphatic heterocycles. The molecule has 0 radical (unpaired) electrons. The van der Waals surface area contributed by atoms with Gasteiger partial charge in [0.1, 0.15) is 19.3 Å². The number of hydrogen-bond donors (Lipinski definition) is 3. The second-order valence-corrected chi connectivity index (χ2v) is 33.6. The maximum absolute atomic E-state index is 13.1. The van der Waals surface area contributed by atoms with Gasteiger partial charge in [0, 0.05) is 25.7 Å². The Morgan fingerprint density at radius 2 is 0.505 bits per heavy atom. The lowest BCUT2D eigenvalue weighted by Gasteiger charge is -2.21. The second-order valence-electron chi connectivity index (χ2n) is 30.7. The van der Waals surface area contributed by atoms with Crippen molar-refractivity contribution in [2.24, 2.45) is 17.8 Å². The van der Waals surface area contributed by atoms with Crippen molar-refractivity contribution in [3.05, 3.63) is 0 Å². The van der Waals surface area contributed by atoms with E-state index in [-0.39, 0.29) is 25.7 Å². The first-order valence-electron chi connectivity index (χ1n) is 42.4. The zero-order valence-corrected chi connectivity index (χ0v) is 68.2. The summed E-state index contributed by atoms with van der Waals surface area (Å²) in [5.74, 6) is 0.206. The molecule has 0 fully saturated rings. The normalized spacial score (nSPS) is 14.2. The summed E-state index contributed by atoms with van der Waals surface area (Å²) < 4.78 is 68.7. The van der Waals surface area contributed by atoms with Crippen molar-refractivity contribution in [1.29, 1.82) is 0 Å². The summed E-state index contributed by atoms with van der Waals surface area (Å²) in [6, 6.07) is 0. The molecule has 0 aromatic rings. The zero-order chi connectivity index (χ0) is 74.4. The number of rotatable bonds is 80. The molecular formula is C82H160O17P2. The fourth-order valence-corrected chi connectivity index (χ4v) is 14.2. The van der Waals surface area contributed by atoms with Crippen LogP contribution in [-0.2, 0) is 65.4 Å². The Labute approximate surface area is 619 Å². The summed E-state index contributed by atoms with van der Waals surface area (Å²) in [4.78, 5) is 73.0. The molecule has 6 atom stereocenters. The van der Waals surface area contributed by atoms with E-state index in [1.54, 1.807) is 0 Å². The number of aliphatic hydroxyl groups is 1. The summed E-state index contributed by atoms with van der Waals surface area (Å²) in [6.07, 6.45) is 61.1. The van der Waals surface area contributed by atoms with E-state index in [0.717, 1.165) is 114 Å². The number of carbonyl (C=O) groups excluding carboxylic acids is 4. The molecule has 0 bridgehead atoms. The maximum atomic E-state index is 13.1.